The van der Waals surface area contributed by atoms with Gasteiger partial charge in [-0.15, -0.1) is 0 Å². The van der Waals surface area contributed by atoms with Crippen LogP contribution in [-0.2, 0) is 22.4 Å². The zero-order chi connectivity index (χ0) is 22.9. The molecule has 0 spiro atoms. The average molecular weight is 442 g/mol. The van der Waals surface area contributed by atoms with Gasteiger partial charge in [-0.25, -0.2) is 23.9 Å². The Morgan fingerprint density at radius 3 is 2.19 bits per heavy atom. The number of hydrogen-bond acceptors (Lipinski definition) is 6. The van der Waals surface area contributed by atoms with Gasteiger partial charge in [0, 0.05) is 55.2 Å². The summed E-state index contributed by atoms with van der Waals surface area (Å²) >= 11 is 0. The topological polar surface area (TPSA) is 116 Å². The lowest BCUT2D eigenvalue weighted by Gasteiger charge is -2.28. The Balaban J connectivity index is 0.000000312. The number of nitrogens with zero attached hydrogens (tertiary/aromatic N) is 3. The molecule has 0 atom stereocenters. The Kier molecular flexibility index (Phi) is 8.27. The molecule has 1 aliphatic heterocycles. The van der Waals surface area contributed by atoms with Crippen molar-refractivity contribution in [3.63, 3.8) is 0 Å². The first-order chi connectivity index (χ1) is 15.4. The largest absolute Gasteiger partial charge is 0.478 e. The highest BCUT2D eigenvalue weighted by Gasteiger charge is 2.21. The zero-order valence-electron chi connectivity index (χ0n) is 17.8. The van der Waals surface area contributed by atoms with Crippen LogP contribution in [0.1, 0.15) is 30.5 Å². The third-order valence-electron chi connectivity index (χ3n) is 5.31. The van der Waals surface area contributed by atoms with Gasteiger partial charge in [0.25, 0.3) is 0 Å². The van der Waals surface area contributed by atoms with E-state index in [9.17, 15) is 14.0 Å². The lowest BCUT2D eigenvalue weighted by atomic mass is 10.0. The molecular formula is C23H27FN4O4. The zero-order valence-corrected chi connectivity index (χ0v) is 17.8. The highest BCUT2D eigenvalue weighted by molar-refractivity contribution is 5.89. The molecule has 0 amide bonds. The number of carboxylic acid groups (broad SMARTS) is 2. The number of hydrogen-bond donors (Lipinski definition) is 3. The van der Waals surface area contributed by atoms with E-state index in [1.165, 1.54) is 42.7 Å². The highest BCUT2D eigenvalue weighted by Crippen LogP contribution is 2.30. The van der Waals surface area contributed by atoms with Crippen LogP contribution in [0.15, 0.2) is 36.4 Å². The summed E-state index contributed by atoms with van der Waals surface area (Å²) < 4.78 is 13.3. The minimum absolute atomic E-state index is 0.207. The number of anilines is 1. The Morgan fingerprint density at radius 1 is 0.938 bits per heavy atom. The number of aliphatic carboxylic acids is 2. The van der Waals surface area contributed by atoms with Gasteiger partial charge >= 0.3 is 11.9 Å². The van der Waals surface area contributed by atoms with Crippen LogP contribution in [0.3, 0.4) is 0 Å². The molecule has 0 saturated carbocycles. The van der Waals surface area contributed by atoms with Gasteiger partial charge in [0.15, 0.2) is 0 Å². The van der Waals surface area contributed by atoms with Crippen LogP contribution in [0.25, 0.3) is 11.3 Å². The molecule has 1 aromatic heterocycles. The number of halogens is 1. The van der Waals surface area contributed by atoms with E-state index in [0.29, 0.717) is 12.2 Å². The first-order valence-corrected chi connectivity index (χ1v) is 10.7. The lowest BCUT2D eigenvalue weighted by Crippen LogP contribution is -2.44. The first kappa shape index (κ1) is 23.3. The third kappa shape index (κ3) is 6.58. The van der Waals surface area contributed by atoms with Crippen molar-refractivity contribution >= 4 is 17.9 Å². The van der Waals surface area contributed by atoms with Gasteiger partial charge in [-0.2, -0.15) is 0 Å². The van der Waals surface area contributed by atoms with Crippen molar-refractivity contribution in [2.24, 2.45) is 0 Å². The number of carboxylic acids is 2. The smallest absolute Gasteiger partial charge is 0.328 e. The third-order valence-corrected chi connectivity index (χ3v) is 5.31. The van der Waals surface area contributed by atoms with Crippen molar-refractivity contribution < 1.29 is 24.2 Å². The molecule has 1 aliphatic carbocycles. The summed E-state index contributed by atoms with van der Waals surface area (Å²) in [6, 6.07) is 6.71. The summed E-state index contributed by atoms with van der Waals surface area (Å²) in [5.41, 5.74) is 4.44. The molecule has 2 aromatic rings. The standard InChI is InChI=1S/C19H23FN4.C4H4O4/c20-15-8-6-14(7-9-15)18-16-4-2-1-3-5-17(16)22-19(23-18)24-12-10-21-11-13-24;5-3(6)1-2-4(7)8/h6-9,21H,1-5,10-13H2;1-2H,(H,5,6)(H,7,8)/b;2-1-. The molecule has 3 N–H and O–H groups in total. The van der Waals surface area contributed by atoms with Gasteiger partial charge in [-0.3, -0.25) is 0 Å². The van der Waals surface area contributed by atoms with Crippen molar-refractivity contribution in [1.82, 2.24) is 15.3 Å². The van der Waals surface area contributed by atoms with E-state index in [1.807, 2.05) is 12.1 Å². The van der Waals surface area contributed by atoms with Crippen LogP contribution in [-0.4, -0.2) is 58.3 Å². The summed E-state index contributed by atoms with van der Waals surface area (Å²) in [5, 5.41) is 19.0. The van der Waals surface area contributed by atoms with Crippen molar-refractivity contribution in [1.29, 1.82) is 0 Å². The summed E-state index contributed by atoms with van der Waals surface area (Å²) in [6.07, 6.45) is 6.76. The van der Waals surface area contributed by atoms with Gasteiger partial charge in [-0.05, 0) is 49.9 Å². The predicted octanol–water partition coefficient (Wildman–Crippen LogP) is 2.67. The van der Waals surface area contributed by atoms with Crippen LogP contribution in [0, 0.1) is 5.82 Å². The second-order valence-corrected chi connectivity index (χ2v) is 7.61. The van der Waals surface area contributed by atoms with Gasteiger partial charge in [0.1, 0.15) is 5.82 Å². The molecule has 170 valence electrons. The number of benzene rings is 1. The summed E-state index contributed by atoms with van der Waals surface area (Å²) in [5.74, 6) is -1.89. The average Bonchev–Trinajstić information content (AvgIpc) is 3.04. The van der Waals surface area contributed by atoms with Gasteiger partial charge in [0.05, 0.1) is 5.69 Å². The van der Waals surface area contributed by atoms with Crippen LogP contribution in [0.4, 0.5) is 10.3 Å². The van der Waals surface area contributed by atoms with Gasteiger partial charge in [-0.1, -0.05) is 6.42 Å². The molecule has 1 aromatic carbocycles. The van der Waals surface area contributed by atoms with Crippen molar-refractivity contribution in [3.8, 4) is 11.3 Å². The molecule has 2 heterocycles. The Hall–Kier alpha value is -3.33. The fourth-order valence-electron chi connectivity index (χ4n) is 3.75. The molecule has 1 saturated heterocycles. The summed E-state index contributed by atoms with van der Waals surface area (Å²) in [6.45, 7) is 3.79. The van der Waals surface area contributed by atoms with E-state index in [-0.39, 0.29) is 5.82 Å². The Bertz CT molecular complexity index is 957. The second kappa shape index (κ2) is 11.3. The number of fused-ring (bicyclic) bond motifs is 1. The Morgan fingerprint density at radius 2 is 1.56 bits per heavy atom. The molecule has 9 heteroatoms. The number of aromatic nitrogens is 2. The molecule has 2 aliphatic rings. The maximum atomic E-state index is 13.3. The number of aryl methyl sites for hydroxylation is 1. The van der Waals surface area contributed by atoms with Crippen LogP contribution in [0.2, 0.25) is 0 Å². The summed E-state index contributed by atoms with van der Waals surface area (Å²) in [4.78, 5) is 31.2. The van der Waals surface area contributed by atoms with Crippen molar-refractivity contribution in [3.05, 3.63) is 53.5 Å². The van der Waals surface area contributed by atoms with Gasteiger partial charge < -0.3 is 20.4 Å². The molecule has 0 bridgehead atoms. The van der Waals surface area contributed by atoms with Crippen LogP contribution >= 0.6 is 0 Å². The highest BCUT2D eigenvalue weighted by atomic mass is 19.1. The molecule has 4 rings (SSSR count). The maximum Gasteiger partial charge on any atom is 0.328 e. The van der Waals surface area contributed by atoms with E-state index in [1.54, 1.807) is 0 Å². The van der Waals surface area contributed by atoms with E-state index < -0.39 is 11.9 Å². The van der Waals surface area contributed by atoms with Crippen molar-refractivity contribution in [2.75, 3.05) is 31.1 Å². The number of nitrogens with one attached hydrogen (secondary N) is 1. The maximum absolute atomic E-state index is 13.3. The predicted molar refractivity (Wildman–Crippen MR) is 118 cm³/mol. The molecular weight excluding hydrogens is 415 g/mol. The number of rotatable bonds is 4. The Labute approximate surface area is 185 Å². The normalized spacial score (nSPS) is 16.0. The lowest BCUT2D eigenvalue weighted by molar-refractivity contribution is -0.134. The number of piperazine rings is 1. The minimum Gasteiger partial charge on any atom is -0.478 e. The first-order valence-electron chi connectivity index (χ1n) is 10.7. The molecule has 1 fully saturated rings. The van der Waals surface area contributed by atoms with E-state index >= 15 is 0 Å². The second-order valence-electron chi connectivity index (χ2n) is 7.61. The van der Waals surface area contributed by atoms with Crippen LogP contribution < -0.4 is 10.2 Å². The van der Waals surface area contributed by atoms with E-state index in [2.05, 4.69) is 10.2 Å². The van der Waals surface area contributed by atoms with Crippen LogP contribution in [0.5, 0.6) is 0 Å². The van der Waals surface area contributed by atoms with E-state index in [0.717, 1.165) is 56.2 Å². The molecule has 0 radical (unpaired) electrons. The number of carbonyl (C=O) groups is 2. The molecule has 8 nitrogen and oxygen atoms in total. The fraction of sp³-hybridized carbons (Fsp3) is 0.391. The SMILES string of the molecule is Fc1ccc(-c2nc(N3CCNCC3)nc3c2CCCCC3)cc1.O=C(O)/C=C\C(=O)O. The minimum atomic E-state index is -1.26. The summed E-state index contributed by atoms with van der Waals surface area (Å²) in [7, 11) is 0. The molecule has 0 unspecified atom stereocenters. The van der Waals surface area contributed by atoms with E-state index in [4.69, 9.17) is 20.2 Å². The molecule has 32 heavy (non-hydrogen) atoms. The monoisotopic (exact) mass is 442 g/mol. The fourth-order valence-corrected chi connectivity index (χ4v) is 3.75. The quantitative estimate of drug-likeness (QED) is 0.489. The van der Waals surface area contributed by atoms with Gasteiger partial charge in [0.2, 0.25) is 5.95 Å². The van der Waals surface area contributed by atoms with Crippen molar-refractivity contribution in [2.45, 2.75) is 32.1 Å².